The van der Waals surface area contributed by atoms with Crippen molar-refractivity contribution in [2.45, 2.75) is 51.2 Å². The molecule has 1 atom stereocenters. The molecule has 0 saturated carbocycles. The van der Waals surface area contributed by atoms with Gasteiger partial charge in [-0.2, -0.15) is 0 Å². The van der Waals surface area contributed by atoms with Gasteiger partial charge < -0.3 is 15.4 Å². The molecule has 0 aromatic carbocycles. The van der Waals surface area contributed by atoms with Gasteiger partial charge in [-0.1, -0.05) is 0 Å². The Balaban J connectivity index is 1.92. The molecule has 0 bridgehead atoms. The molecule has 20 heavy (non-hydrogen) atoms. The third-order valence-corrected chi connectivity index (χ3v) is 4.15. The minimum Gasteiger partial charge on any atom is -0.367 e. The molecule has 0 spiro atoms. The number of anilines is 1. The van der Waals surface area contributed by atoms with Crippen molar-refractivity contribution in [1.29, 1.82) is 0 Å². The third kappa shape index (κ3) is 2.65. The van der Waals surface area contributed by atoms with Crippen molar-refractivity contribution in [3.63, 3.8) is 0 Å². The predicted octanol–water partition coefficient (Wildman–Crippen LogP) is 1.30. The van der Waals surface area contributed by atoms with Gasteiger partial charge in [0.2, 0.25) is 0 Å². The van der Waals surface area contributed by atoms with Crippen molar-refractivity contribution < 1.29 is 4.74 Å². The van der Waals surface area contributed by atoms with Gasteiger partial charge >= 0.3 is 0 Å². The fourth-order valence-electron chi connectivity index (χ4n) is 3.36. The first-order chi connectivity index (χ1) is 9.59. The zero-order valence-electron chi connectivity index (χ0n) is 12.4. The molecule has 1 saturated heterocycles. The standard InChI is InChI=1S/C15H24N4O/c1-15(2)9-19(8-11(7-16)20-15)14-12-5-3-4-6-13(12)17-10-18-14/h10-11H,3-9,16H2,1-2H3. The minimum absolute atomic E-state index is 0.0768. The highest BCUT2D eigenvalue weighted by atomic mass is 16.5. The van der Waals surface area contributed by atoms with Gasteiger partial charge in [-0.05, 0) is 39.5 Å². The van der Waals surface area contributed by atoms with Gasteiger partial charge in [0.05, 0.1) is 11.7 Å². The van der Waals surface area contributed by atoms with E-state index in [0.29, 0.717) is 6.54 Å². The lowest BCUT2D eigenvalue weighted by Crippen LogP contribution is -2.55. The van der Waals surface area contributed by atoms with E-state index in [-0.39, 0.29) is 11.7 Å². The van der Waals surface area contributed by atoms with Crippen molar-refractivity contribution in [3.8, 4) is 0 Å². The van der Waals surface area contributed by atoms with Crippen LogP contribution in [0, 0.1) is 0 Å². The van der Waals surface area contributed by atoms with Crippen LogP contribution in [0.15, 0.2) is 6.33 Å². The lowest BCUT2D eigenvalue weighted by Gasteiger charge is -2.43. The van der Waals surface area contributed by atoms with E-state index in [1.54, 1.807) is 6.33 Å². The summed E-state index contributed by atoms with van der Waals surface area (Å²) < 4.78 is 6.01. The van der Waals surface area contributed by atoms with Crippen LogP contribution in [0.2, 0.25) is 0 Å². The molecule has 110 valence electrons. The number of nitrogens with two attached hydrogens (primary N) is 1. The van der Waals surface area contributed by atoms with Crippen LogP contribution in [0.5, 0.6) is 0 Å². The average Bonchev–Trinajstić information content (AvgIpc) is 2.45. The zero-order chi connectivity index (χ0) is 14.2. The lowest BCUT2D eigenvalue weighted by atomic mass is 9.95. The maximum absolute atomic E-state index is 6.01. The Kier molecular flexibility index (Phi) is 3.65. The van der Waals surface area contributed by atoms with Crippen LogP contribution in [0.25, 0.3) is 0 Å². The van der Waals surface area contributed by atoms with Gasteiger partial charge in [0.15, 0.2) is 0 Å². The van der Waals surface area contributed by atoms with Gasteiger partial charge in [-0.25, -0.2) is 9.97 Å². The second kappa shape index (κ2) is 5.30. The molecular weight excluding hydrogens is 252 g/mol. The Hall–Kier alpha value is -1.20. The van der Waals surface area contributed by atoms with Gasteiger partial charge in [-0.3, -0.25) is 0 Å². The Labute approximate surface area is 120 Å². The molecule has 2 N–H and O–H groups in total. The van der Waals surface area contributed by atoms with Crippen molar-refractivity contribution >= 4 is 5.82 Å². The van der Waals surface area contributed by atoms with Crippen molar-refractivity contribution in [3.05, 3.63) is 17.6 Å². The Morgan fingerprint density at radius 1 is 1.35 bits per heavy atom. The lowest BCUT2D eigenvalue weighted by molar-refractivity contribution is -0.0790. The van der Waals surface area contributed by atoms with Crippen LogP contribution in [-0.2, 0) is 17.6 Å². The Bertz CT molecular complexity index is 489. The van der Waals surface area contributed by atoms with Gasteiger partial charge in [0, 0.05) is 30.9 Å². The van der Waals surface area contributed by atoms with E-state index in [9.17, 15) is 0 Å². The van der Waals surface area contributed by atoms with Crippen LogP contribution in [0.3, 0.4) is 0 Å². The Morgan fingerprint density at radius 3 is 2.95 bits per heavy atom. The molecule has 1 aromatic heterocycles. The maximum Gasteiger partial charge on any atom is 0.135 e. The van der Waals surface area contributed by atoms with Crippen molar-refractivity contribution in [2.24, 2.45) is 5.73 Å². The average molecular weight is 276 g/mol. The van der Waals surface area contributed by atoms with E-state index < -0.39 is 0 Å². The molecule has 0 radical (unpaired) electrons. The van der Waals surface area contributed by atoms with Crippen LogP contribution in [-0.4, -0.2) is 41.3 Å². The number of fused-ring (bicyclic) bond motifs is 1. The van der Waals surface area contributed by atoms with Crippen LogP contribution in [0.1, 0.15) is 37.9 Å². The van der Waals surface area contributed by atoms with E-state index in [4.69, 9.17) is 10.5 Å². The van der Waals surface area contributed by atoms with Gasteiger partial charge in [0.25, 0.3) is 0 Å². The zero-order valence-corrected chi connectivity index (χ0v) is 12.4. The Morgan fingerprint density at radius 2 is 2.15 bits per heavy atom. The molecule has 2 aliphatic rings. The van der Waals surface area contributed by atoms with Crippen LogP contribution < -0.4 is 10.6 Å². The molecule has 0 amide bonds. The summed E-state index contributed by atoms with van der Waals surface area (Å²) in [6.45, 7) is 6.47. The second-order valence-electron chi connectivity index (χ2n) is 6.45. The fourth-order valence-corrected chi connectivity index (χ4v) is 3.36. The highest BCUT2D eigenvalue weighted by Gasteiger charge is 2.34. The number of ether oxygens (including phenoxy) is 1. The number of aryl methyl sites for hydroxylation is 1. The monoisotopic (exact) mass is 276 g/mol. The van der Waals surface area contributed by atoms with E-state index >= 15 is 0 Å². The summed E-state index contributed by atoms with van der Waals surface area (Å²) in [6, 6.07) is 0. The largest absolute Gasteiger partial charge is 0.367 e. The number of nitrogens with zero attached hydrogens (tertiary/aromatic N) is 3. The maximum atomic E-state index is 6.01. The molecule has 1 fully saturated rings. The quantitative estimate of drug-likeness (QED) is 0.882. The highest BCUT2D eigenvalue weighted by Crippen LogP contribution is 2.31. The summed E-state index contributed by atoms with van der Waals surface area (Å²) in [5.41, 5.74) is 8.20. The van der Waals surface area contributed by atoms with Crippen LogP contribution >= 0.6 is 0 Å². The van der Waals surface area contributed by atoms with E-state index in [0.717, 1.165) is 31.7 Å². The van der Waals surface area contributed by atoms with E-state index in [2.05, 4.69) is 28.7 Å². The molecule has 1 aromatic rings. The summed E-state index contributed by atoms with van der Waals surface area (Å²) in [4.78, 5) is 11.4. The van der Waals surface area contributed by atoms with Gasteiger partial charge in [0.1, 0.15) is 12.1 Å². The smallest absolute Gasteiger partial charge is 0.135 e. The minimum atomic E-state index is -0.186. The molecule has 1 aliphatic heterocycles. The van der Waals surface area contributed by atoms with E-state index in [1.165, 1.54) is 24.1 Å². The molecular formula is C15H24N4O. The third-order valence-electron chi connectivity index (χ3n) is 4.15. The molecule has 5 heteroatoms. The molecule has 5 nitrogen and oxygen atoms in total. The van der Waals surface area contributed by atoms with Gasteiger partial charge in [-0.15, -0.1) is 0 Å². The highest BCUT2D eigenvalue weighted by molar-refractivity contribution is 5.50. The number of hydrogen-bond donors (Lipinski definition) is 1. The normalized spacial score (nSPS) is 25.4. The van der Waals surface area contributed by atoms with Crippen molar-refractivity contribution in [2.75, 3.05) is 24.5 Å². The summed E-state index contributed by atoms with van der Waals surface area (Å²) in [6.07, 6.45) is 6.44. The molecule has 3 rings (SSSR count). The number of hydrogen-bond acceptors (Lipinski definition) is 5. The molecule has 2 heterocycles. The number of rotatable bonds is 2. The SMILES string of the molecule is CC1(C)CN(c2ncnc3c2CCCC3)CC(CN)O1. The summed E-state index contributed by atoms with van der Waals surface area (Å²) in [7, 11) is 0. The molecule has 1 unspecified atom stereocenters. The number of morpholine rings is 1. The van der Waals surface area contributed by atoms with Crippen LogP contribution in [0.4, 0.5) is 5.82 Å². The topological polar surface area (TPSA) is 64.3 Å². The predicted molar refractivity (Wildman–Crippen MR) is 78.9 cm³/mol. The fraction of sp³-hybridized carbons (Fsp3) is 0.733. The first kappa shape index (κ1) is 13.8. The summed E-state index contributed by atoms with van der Waals surface area (Å²) in [5.74, 6) is 1.10. The first-order valence-electron chi connectivity index (χ1n) is 7.54. The summed E-state index contributed by atoms with van der Waals surface area (Å²) in [5, 5.41) is 0. The van der Waals surface area contributed by atoms with Crippen molar-refractivity contribution in [1.82, 2.24) is 9.97 Å². The van der Waals surface area contributed by atoms with E-state index in [1.807, 2.05) is 0 Å². The second-order valence-corrected chi connectivity index (χ2v) is 6.45. The number of aromatic nitrogens is 2. The first-order valence-corrected chi connectivity index (χ1v) is 7.54. The summed E-state index contributed by atoms with van der Waals surface area (Å²) >= 11 is 0. The molecule has 1 aliphatic carbocycles.